The van der Waals surface area contributed by atoms with E-state index in [4.69, 9.17) is 15.0 Å². The number of fused-ring (bicyclic) bond motifs is 4. The van der Waals surface area contributed by atoms with E-state index < -0.39 is 0 Å². The van der Waals surface area contributed by atoms with Gasteiger partial charge in [0.15, 0.2) is 5.84 Å². The highest BCUT2D eigenvalue weighted by molar-refractivity contribution is 6.14. The van der Waals surface area contributed by atoms with E-state index in [1.807, 2.05) is 49.5 Å². The minimum atomic E-state index is 0.501. The fourth-order valence-corrected chi connectivity index (χ4v) is 4.71. The Morgan fingerprint density at radius 2 is 1.53 bits per heavy atom. The minimum Gasteiger partial charge on any atom is -0.266 e. The molecule has 0 N–H and O–H groups in total. The molecule has 0 atom stereocenters. The van der Waals surface area contributed by atoms with Gasteiger partial charge < -0.3 is 0 Å². The Morgan fingerprint density at radius 1 is 0.763 bits per heavy atom. The van der Waals surface area contributed by atoms with Crippen molar-refractivity contribution < 1.29 is 0 Å². The average molecular weight is 492 g/mol. The van der Waals surface area contributed by atoms with Crippen LogP contribution in [0.1, 0.15) is 18.1 Å². The summed E-state index contributed by atoms with van der Waals surface area (Å²) in [6, 6.07) is 35.0. The SMILES string of the molecule is C=NC(=NC(C)=NCc1cccc(-c2ccc3ccc4cccnc4c3n2)c1)c1cccc2ccccc12. The van der Waals surface area contributed by atoms with Crippen LogP contribution in [0.5, 0.6) is 0 Å². The van der Waals surface area contributed by atoms with E-state index in [1.54, 1.807) is 0 Å². The van der Waals surface area contributed by atoms with E-state index in [0.717, 1.165) is 55.0 Å². The van der Waals surface area contributed by atoms with Crippen LogP contribution in [0.2, 0.25) is 0 Å². The first-order chi connectivity index (χ1) is 18.7. The Hall–Kier alpha value is -5.03. The first-order valence-corrected chi connectivity index (χ1v) is 12.5. The van der Waals surface area contributed by atoms with Crippen LogP contribution in [0.15, 0.2) is 124 Å². The third kappa shape index (κ3) is 4.58. The largest absolute Gasteiger partial charge is 0.266 e. The number of pyridine rings is 2. The lowest BCUT2D eigenvalue weighted by molar-refractivity contribution is 1.06. The van der Waals surface area contributed by atoms with E-state index in [0.29, 0.717) is 18.2 Å². The maximum absolute atomic E-state index is 4.98. The molecule has 0 bridgehead atoms. The van der Waals surface area contributed by atoms with Gasteiger partial charge in [-0.1, -0.05) is 84.9 Å². The monoisotopic (exact) mass is 491 g/mol. The number of aromatic nitrogens is 2. The van der Waals surface area contributed by atoms with E-state index in [2.05, 4.69) is 83.4 Å². The third-order valence-corrected chi connectivity index (χ3v) is 6.59. The van der Waals surface area contributed by atoms with Crippen LogP contribution in [-0.2, 0) is 6.54 Å². The maximum Gasteiger partial charge on any atom is 0.161 e. The zero-order valence-corrected chi connectivity index (χ0v) is 21.0. The second-order valence-electron chi connectivity index (χ2n) is 9.09. The van der Waals surface area contributed by atoms with Gasteiger partial charge in [-0.3, -0.25) is 9.98 Å². The van der Waals surface area contributed by atoms with Gasteiger partial charge in [-0.2, -0.15) is 0 Å². The molecular formula is C33H25N5. The van der Waals surface area contributed by atoms with Crippen molar-refractivity contribution in [2.24, 2.45) is 15.0 Å². The molecular weight excluding hydrogens is 466 g/mol. The van der Waals surface area contributed by atoms with Crippen LogP contribution in [0, 0.1) is 0 Å². The lowest BCUT2D eigenvalue weighted by atomic mass is 10.0. The van der Waals surface area contributed by atoms with Crippen LogP contribution in [0.25, 0.3) is 43.8 Å². The van der Waals surface area contributed by atoms with Crippen LogP contribution < -0.4 is 0 Å². The number of aliphatic imine (C=N–C) groups is 3. The van der Waals surface area contributed by atoms with Crippen molar-refractivity contribution in [3.8, 4) is 11.3 Å². The van der Waals surface area contributed by atoms with E-state index in [1.165, 1.54) is 0 Å². The second-order valence-corrected chi connectivity index (χ2v) is 9.09. The summed E-state index contributed by atoms with van der Waals surface area (Å²) < 4.78 is 0. The van der Waals surface area contributed by atoms with Gasteiger partial charge in [0, 0.05) is 28.1 Å². The fraction of sp³-hybridized carbons (Fsp3) is 0.0606. The lowest BCUT2D eigenvalue weighted by Crippen LogP contribution is -2.02. The summed E-state index contributed by atoms with van der Waals surface area (Å²) in [6.45, 7) is 6.15. The van der Waals surface area contributed by atoms with Crippen molar-refractivity contribution in [2.45, 2.75) is 13.5 Å². The molecule has 5 heteroatoms. The molecule has 0 saturated carbocycles. The van der Waals surface area contributed by atoms with Crippen molar-refractivity contribution in [1.29, 1.82) is 0 Å². The zero-order chi connectivity index (χ0) is 25.9. The van der Waals surface area contributed by atoms with Crippen molar-refractivity contribution in [2.75, 3.05) is 0 Å². The summed E-state index contributed by atoms with van der Waals surface area (Å²) in [5.74, 6) is 1.21. The lowest BCUT2D eigenvalue weighted by Gasteiger charge is -2.08. The van der Waals surface area contributed by atoms with Gasteiger partial charge in [-0.15, -0.1) is 0 Å². The van der Waals surface area contributed by atoms with Crippen LogP contribution in [0.3, 0.4) is 0 Å². The number of hydrogen-bond donors (Lipinski definition) is 0. The second kappa shape index (κ2) is 10.1. The highest BCUT2D eigenvalue weighted by Crippen LogP contribution is 2.26. The van der Waals surface area contributed by atoms with E-state index in [-0.39, 0.29) is 0 Å². The predicted octanol–water partition coefficient (Wildman–Crippen LogP) is 7.67. The first kappa shape index (κ1) is 23.4. The molecule has 6 rings (SSSR count). The van der Waals surface area contributed by atoms with Gasteiger partial charge in [-0.05, 0) is 48.2 Å². The Morgan fingerprint density at radius 3 is 2.42 bits per heavy atom. The quantitative estimate of drug-likeness (QED) is 0.144. The van der Waals surface area contributed by atoms with Crippen molar-refractivity contribution in [3.05, 3.63) is 120 Å². The normalized spacial score (nSPS) is 12.3. The van der Waals surface area contributed by atoms with Gasteiger partial charge in [0.2, 0.25) is 0 Å². The average Bonchev–Trinajstić information content (AvgIpc) is 2.98. The topological polar surface area (TPSA) is 62.9 Å². The van der Waals surface area contributed by atoms with Crippen LogP contribution in [-0.4, -0.2) is 28.4 Å². The molecule has 4 aromatic carbocycles. The van der Waals surface area contributed by atoms with Gasteiger partial charge in [0.05, 0.1) is 23.3 Å². The predicted molar refractivity (Wildman–Crippen MR) is 159 cm³/mol. The number of hydrogen-bond acceptors (Lipinski definition) is 3. The van der Waals surface area contributed by atoms with E-state index >= 15 is 0 Å². The van der Waals surface area contributed by atoms with Gasteiger partial charge in [-0.25, -0.2) is 15.0 Å². The summed E-state index contributed by atoms with van der Waals surface area (Å²) >= 11 is 0. The molecule has 0 saturated heterocycles. The van der Waals surface area contributed by atoms with Gasteiger partial charge in [0.1, 0.15) is 5.84 Å². The fourth-order valence-electron chi connectivity index (χ4n) is 4.71. The molecule has 0 radical (unpaired) electrons. The number of amidine groups is 2. The summed E-state index contributed by atoms with van der Waals surface area (Å²) in [7, 11) is 0. The smallest absolute Gasteiger partial charge is 0.161 e. The van der Waals surface area contributed by atoms with E-state index in [9.17, 15) is 0 Å². The molecule has 0 aliphatic heterocycles. The summed E-state index contributed by atoms with van der Waals surface area (Å²) in [6.07, 6.45) is 1.81. The number of nitrogens with zero attached hydrogens (tertiary/aromatic N) is 5. The maximum atomic E-state index is 4.98. The third-order valence-electron chi connectivity index (χ3n) is 6.59. The number of benzene rings is 4. The molecule has 0 spiro atoms. The Balaban J connectivity index is 1.29. The molecule has 0 aliphatic carbocycles. The first-order valence-electron chi connectivity index (χ1n) is 12.5. The molecule has 0 amide bonds. The standard InChI is InChI=1S/C33H25N5/c1-22(37-33(34-2)29-14-6-10-24-9-3-4-13-28(24)29)36-21-23-8-5-11-27(20-23)30-18-17-26-16-15-25-12-7-19-35-31(25)32(26)38-30/h3-20H,2,21H2,1H3. The molecule has 0 unspecified atom stereocenters. The molecule has 5 nitrogen and oxygen atoms in total. The molecule has 2 heterocycles. The minimum absolute atomic E-state index is 0.501. The van der Waals surface area contributed by atoms with Crippen LogP contribution >= 0.6 is 0 Å². The Kier molecular flexibility index (Phi) is 6.24. The van der Waals surface area contributed by atoms with Crippen molar-refractivity contribution in [1.82, 2.24) is 9.97 Å². The molecule has 182 valence electrons. The highest BCUT2D eigenvalue weighted by atomic mass is 15.0. The summed E-state index contributed by atoms with van der Waals surface area (Å²) in [4.78, 5) is 23.2. The van der Waals surface area contributed by atoms with Crippen LogP contribution in [0.4, 0.5) is 0 Å². The summed E-state index contributed by atoms with van der Waals surface area (Å²) in [5, 5.41) is 4.39. The number of rotatable bonds is 4. The van der Waals surface area contributed by atoms with Crippen molar-refractivity contribution in [3.63, 3.8) is 0 Å². The highest BCUT2D eigenvalue weighted by Gasteiger charge is 2.08. The molecule has 6 aromatic rings. The molecule has 0 fully saturated rings. The Labute approximate surface area is 221 Å². The molecule has 38 heavy (non-hydrogen) atoms. The Bertz CT molecular complexity index is 1880. The zero-order valence-electron chi connectivity index (χ0n) is 21.0. The molecule has 0 aliphatic rings. The van der Waals surface area contributed by atoms with Gasteiger partial charge in [0.25, 0.3) is 0 Å². The van der Waals surface area contributed by atoms with Crippen molar-refractivity contribution >= 4 is 51.0 Å². The summed E-state index contributed by atoms with van der Waals surface area (Å²) in [5.41, 5.74) is 5.79. The molecule has 2 aromatic heterocycles. The van der Waals surface area contributed by atoms with Gasteiger partial charge >= 0.3 is 0 Å².